The molecule has 0 unspecified atom stereocenters. The summed E-state index contributed by atoms with van der Waals surface area (Å²) in [7, 11) is 0. The molecule has 94 valence electrons. The Labute approximate surface area is 102 Å². The zero-order chi connectivity index (χ0) is 12.3. The predicted molar refractivity (Wildman–Crippen MR) is 70.7 cm³/mol. The maximum absolute atomic E-state index is 5.68. The first kappa shape index (κ1) is 12.0. The van der Waals surface area contributed by atoms with Crippen LogP contribution in [0.2, 0.25) is 0 Å². The first-order valence-electron chi connectivity index (χ1n) is 6.34. The van der Waals surface area contributed by atoms with Crippen molar-refractivity contribution in [3.8, 4) is 0 Å². The van der Waals surface area contributed by atoms with E-state index in [0.29, 0.717) is 5.82 Å². The third-order valence-electron chi connectivity index (χ3n) is 3.39. The number of hydrogen-bond donors (Lipinski definition) is 2. The molecule has 0 spiro atoms. The van der Waals surface area contributed by atoms with Gasteiger partial charge in [0.15, 0.2) is 0 Å². The molecule has 17 heavy (non-hydrogen) atoms. The minimum Gasteiger partial charge on any atom is -0.383 e. The van der Waals surface area contributed by atoms with E-state index < -0.39 is 0 Å². The Kier molecular flexibility index (Phi) is 3.66. The highest BCUT2D eigenvalue weighted by atomic mass is 15.2. The van der Waals surface area contributed by atoms with Crippen LogP contribution >= 0.6 is 0 Å². The molecule has 0 aliphatic carbocycles. The van der Waals surface area contributed by atoms with Gasteiger partial charge in [0.1, 0.15) is 11.6 Å². The fourth-order valence-corrected chi connectivity index (χ4v) is 2.49. The van der Waals surface area contributed by atoms with Crippen LogP contribution in [0.5, 0.6) is 0 Å². The second-order valence-corrected chi connectivity index (χ2v) is 4.73. The number of nitrogen functional groups attached to an aromatic ring is 2. The molecule has 1 aliphatic heterocycles. The SMILES string of the molecule is CCCC1CCN(c2cc(N)nc(N)n2)CC1. The Morgan fingerprint density at radius 3 is 2.59 bits per heavy atom. The van der Waals surface area contributed by atoms with Crippen LogP contribution in [-0.4, -0.2) is 23.1 Å². The van der Waals surface area contributed by atoms with E-state index in [0.717, 1.165) is 24.8 Å². The summed E-state index contributed by atoms with van der Waals surface area (Å²) in [6, 6.07) is 1.80. The summed E-state index contributed by atoms with van der Waals surface area (Å²) in [6.07, 6.45) is 5.08. The predicted octanol–water partition coefficient (Wildman–Crippen LogP) is 1.66. The Morgan fingerprint density at radius 1 is 1.29 bits per heavy atom. The number of nitrogens with two attached hydrogens (primary N) is 2. The summed E-state index contributed by atoms with van der Waals surface area (Å²) in [5.41, 5.74) is 11.3. The van der Waals surface area contributed by atoms with Crippen LogP contribution in [-0.2, 0) is 0 Å². The van der Waals surface area contributed by atoms with E-state index in [2.05, 4.69) is 21.8 Å². The van der Waals surface area contributed by atoms with Crippen molar-refractivity contribution in [2.75, 3.05) is 29.5 Å². The van der Waals surface area contributed by atoms with E-state index in [1.54, 1.807) is 6.07 Å². The molecule has 2 rings (SSSR count). The zero-order valence-electron chi connectivity index (χ0n) is 10.4. The van der Waals surface area contributed by atoms with Gasteiger partial charge in [-0.15, -0.1) is 0 Å². The van der Waals surface area contributed by atoms with Crippen molar-refractivity contribution in [2.24, 2.45) is 5.92 Å². The number of piperidine rings is 1. The molecule has 1 fully saturated rings. The third kappa shape index (κ3) is 2.99. The third-order valence-corrected chi connectivity index (χ3v) is 3.39. The van der Waals surface area contributed by atoms with Gasteiger partial charge in [0.25, 0.3) is 0 Å². The van der Waals surface area contributed by atoms with E-state index in [1.807, 2.05) is 0 Å². The number of rotatable bonds is 3. The van der Waals surface area contributed by atoms with E-state index >= 15 is 0 Å². The summed E-state index contributed by atoms with van der Waals surface area (Å²) in [6.45, 7) is 4.33. The van der Waals surface area contributed by atoms with Crippen molar-refractivity contribution in [2.45, 2.75) is 32.6 Å². The number of nitrogens with zero attached hydrogens (tertiary/aromatic N) is 3. The van der Waals surface area contributed by atoms with Gasteiger partial charge in [0.2, 0.25) is 5.95 Å². The minimum absolute atomic E-state index is 0.260. The summed E-state index contributed by atoms with van der Waals surface area (Å²) in [5.74, 6) is 2.44. The Bertz CT molecular complexity index is 351. The molecule has 0 amide bonds. The van der Waals surface area contributed by atoms with Gasteiger partial charge in [-0.25, -0.2) is 0 Å². The molecular weight excluding hydrogens is 214 g/mol. The highest BCUT2D eigenvalue weighted by Crippen LogP contribution is 2.25. The van der Waals surface area contributed by atoms with Crippen LogP contribution in [0, 0.1) is 5.92 Å². The highest BCUT2D eigenvalue weighted by molar-refractivity contribution is 5.50. The lowest BCUT2D eigenvalue weighted by Crippen LogP contribution is -2.34. The molecule has 0 radical (unpaired) electrons. The van der Waals surface area contributed by atoms with E-state index in [1.165, 1.54) is 25.7 Å². The first-order chi connectivity index (χ1) is 8.19. The number of hydrogen-bond acceptors (Lipinski definition) is 5. The van der Waals surface area contributed by atoms with Gasteiger partial charge in [-0.3, -0.25) is 0 Å². The molecule has 0 saturated carbocycles. The average molecular weight is 235 g/mol. The zero-order valence-corrected chi connectivity index (χ0v) is 10.4. The fourth-order valence-electron chi connectivity index (χ4n) is 2.49. The smallest absolute Gasteiger partial charge is 0.223 e. The van der Waals surface area contributed by atoms with Crippen molar-refractivity contribution in [1.29, 1.82) is 0 Å². The summed E-state index contributed by atoms with van der Waals surface area (Å²) < 4.78 is 0. The Balaban J connectivity index is 2.00. The second-order valence-electron chi connectivity index (χ2n) is 4.73. The number of aromatic nitrogens is 2. The average Bonchev–Trinajstić information content (AvgIpc) is 2.29. The lowest BCUT2D eigenvalue weighted by Gasteiger charge is -2.32. The van der Waals surface area contributed by atoms with Gasteiger partial charge < -0.3 is 16.4 Å². The van der Waals surface area contributed by atoms with Crippen molar-refractivity contribution in [1.82, 2.24) is 9.97 Å². The van der Waals surface area contributed by atoms with E-state index in [9.17, 15) is 0 Å². The second kappa shape index (κ2) is 5.21. The van der Waals surface area contributed by atoms with Gasteiger partial charge in [-0.05, 0) is 18.8 Å². The van der Waals surface area contributed by atoms with E-state index in [4.69, 9.17) is 11.5 Å². The molecule has 4 N–H and O–H groups in total. The van der Waals surface area contributed by atoms with Crippen LogP contribution in [0.3, 0.4) is 0 Å². The van der Waals surface area contributed by atoms with Gasteiger partial charge >= 0.3 is 0 Å². The number of anilines is 3. The lowest BCUT2D eigenvalue weighted by atomic mass is 9.92. The fraction of sp³-hybridized carbons (Fsp3) is 0.667. The van der Waals surface area contributed by atoms with Crippen LogP contribution in [0.4, 0.5) is 17.6 Å². The Morgan fingerprint density at radius 2 is 2.00 bits per heavy atom. The summed E-state index contributed by atoms with van der Waals surface area (Å²) in [5, 5.41) is 0. The van der Waals surface area contributed by atoms with Crippen LogP contribution in [0.15, 0.2) is 6.07 Å². The van der Waals surface area contributed by atoms with Gasteiger partial charge in [-0.1, -0.05) is 19.8 Å². The summed E-state index contributed by atoms with van der Waals surface area (Å²) in [4.78, 5) is 10.4. The molecule has 1 saturated heterocycles. The van der Waals surface area contributed by atoms with Crippen LogP contribution < -0.4 is 16.4 Å². The molecule has 1 aliphatic rings. The molecule has 0 aromatic carbocycles. The molecule has 5 heteroatoms. The lowest BCUT2D eigenvalue weighted by molar-refractivity contribution is 0.377. The molecule has 1 aromatic rings. The van der Waals surface area contributed by atoms with Crippen molar-refractivity contribution >= 4 is 17.6 Å². The standard InChI is InChI=1S/C12H21N5/c1-2-3-9-4-6-17(7-5-9)11-8-10(13)15-12(14)16-11/h8-9H,2-7H2,1H3,(H4,13,14,15,16). The Hall–Kier alpha value is -1.52. The van der Waals surface area contributed by atoms with Gasteiger partial charge in [0, 0.05) is 19.2 Å². The van der Waals surface area contributed by atoms with E-state index in [-0.39, 0.29) is 5.95 Å². The minimum atomic E-state index is 0.260. The first-order valence-corrected chi connectivity index (χ1v) is 6.34. The van der Waals surface area contributed by atoms with Crippen molar-refractivity contribution < 1.29 is 0 Å². The summed E-state index contributed by atoms with van der Waals surface area (Å²) >= 11 is 0. The quantitative estimate of drug-likeness (QED) is 0.832. The van der Waals surface area contributed by atoms with Crippen LogP contribution in [0.25, 0.3) is 0 Å². The monoisotopic (exact) mass is 235 g/mol. The molecule has 0 bridgehead atoms. The molecule has 5 nitrogen and oxygen atoms in total. The van der Waals surface area contributed by atoms with Crippen molar-refractivity contribution in [3.63, 3.8) is 0 Å². The maximum atomic E-state index is 5.68. The van der Waals surface area contributed by atoms with Crippen molar-refractivity contribution in [3.05, 3.63) is 6.07 Å². The molecular formula is C12H21N5. The van der Waals surface area contributed by atoms with Gasteiger partial charge in [-0.2, -0.15) is 9.97 Å². The van der Waals surface area contributed by atoms with Gasteiger partial charge in [0.05, 0.1) is 0 Å². The maximum Gasteiger partial charge on any atom is 0.223 e. The largest absolute Gasteiger partial charge is 0.383 e. The highest BCUT2D eigenvalue weighted by Gasteiger charge is 2.19. The molecule has 2 heterocycles. The molecule has 1 aromatic heterocycles. The molecule has 0 atom stereocenters. The topological polar surface area (TPSA) is 81.1 Å². The van der Waals surface area contributed by atoms with Crippen LogP contribution in [0.1, 0.15) is 32.6 Å². The normalized spacial score (nSPS) is 17.4.